The molecule has 0 N–H and O–H groups in total. The third-order valence-electron chi connectivity index (χ3n) is 3.26. The van der Waals surface area contributed by atoms with Crippen molar-refractivity contribution in [2.24, 2.45) is 0 Å². The molecule has 1 aromatic rings. The molecule has 2 rings (SSSR count). The molecule has 1 amide bonds. The lowest BCUT2D eigenvalue weighted by Crippen LogP contribution is -2.53. The fourth-order valence-electron chi connectivity index (χ4n) is 2.28. The SMILES string of the molecule is O=C(CBr)C1Cc2ccccc2CN1C(=O)C(F)(F)F. The van der Waals surface area contributed by atoms with E-state index in [-0.39, 0.29) is 18.3 Å². The second kappa shape index (κ2) is 5.55. The standard InChI is InChI=1S/C13H11BrF3NO2/c14-6-11(19)10-5-8-3-1-2-4-9(8)7-18(10)12(20)13(15,16)17/h1-4,10H,5-7H2. The molecule has 0 spiro atoms. The van der Waals surface area contributed by atoms with Gasteiger partial charge in [-0.05, 0) is 11.1 Å². The monoisotopic (exact) mass is 349 g/mol. The van der Waals surface area contributed by atoms with Crippen molar-refractivity contribution in [1.82, 2.24) is 4.90 Å². The minimum atomic E-state index is -4.98. The highest BCUT2D eigenvalue weighted by atomic mass is 79.9. The van der Waals surface area contributed by atoms with Crippen LogP contribution in [0.25, 0.3) is 0 Å². The number of Topliss-reactive ketones (excluding diaryl/α,β-unsaturated/α-hetero) is 1. The molecule has 0 radical (unpaired) electrons. The zero-order chi connectivity index (χ0) is 14.9. The van der Waals surface area contributed by atoms with Gasteiger partial charge in [-0.1, -0.05) is 40.2 Å². The fourth-order valence-corrected chi connectivity index (χ4v) is 2.65. The van der Waals surface area contributed by atoms with E-state index in [2.05, 4.69) is 15.9 Å². The molecule has 0 bridgehead atoms. The quantitative estimate of drug-likeness (QED) is 0.769. The van der Waals surface area contributed by atoms with Crippen LogP contribution in [0.3, 0.4) is 0 Å². The van der Waals surface area contributed by atoms with Crippen molar-refractivity contribution < 1.29 is 22.8 Å². The van der Waals surface area contributed by atoms with Crippen LogP contribution in [0.2, 0.25) is 0 Å². The lowest BCUT2D eigenvalue weighted by molar-refractivity contribution is -0.189. The minimum Gasteiger partial charge on any atom is -0.320 e. The number of ketones is 1. The average molecular weight is 350 g/mol. The average Bonchev–Trinajstić information content (AvgIpc) is 2.43. The number of fused-ring (bicyclic) bond motifs is 1. The Bertz CT molecular complexity index is 545. The molecule has 1 aliphatic heterocycles. The summed E-state index contributed by atoms with van der Waals surface area (Å²) >= 11 is 2.95. The number of carbonyl (C=O) groups excluding carboxylic acids is 2. The second-order valence-electron chi connectivity index (χ2n) is 4.52. The number of halogens is 4. The predicted molar refractivity (Wildman–Crippen MR) is 69.3 cm³/mol. The first-order valence-electron chi connectivity index (χ1n) is 5.88. The molecule has 20 heavy (non-hydrogen) atoms. The third kappa shape index (κ3) is 2.87. The third-order valence-corrected chi connectivity index (χ3v) is 3.81. The Morgan fingerprint density at radius 2 is 1.85 bits per heavy atom. The first-order valence-corrected chi connectivity index (χ1v) is 7.00. The maximum atomic E-state index is 12.6. The Kier molecular flexibility index (Phi) is 4.17. The van der Waals surface area contributed by atoms with Crippen LogP contribution < -0.4 is 0 Å². The van der Waals surface area contributed by atoms with E-state index in [1.807, 2.05) is 0 Å². The molecular formula is C13H11BrF3NO2. The summed E-state index contributed by atoms with van der Waals surface area (Å²) in [6.07, 6.45) is -4.86. The number of amides is 1. The summed E-state index contributed by atoms with van der Waals surface area (Å²) in [6, 6.07) is 5.82. The van der Waals surface area contributed by atoms with Crippen molar-refractivity contribution in [3.05, 3.63) is 35.4 Å². The zero-order valence-corrected chi connectivity index (χ0v) is 11.9. The zero-order valence-electron chi connectivity index (χ0n) is 10.3. The Hall–Kier alpha value is -1.37. The normalized spacial score (nSPS) is 18.6. The van der Waals surface area contributed by atoms with Gasteiger partial charge in [-0.3, -0.25) is 9.59 Å². The van der Waals surface area contributed by atoms with E-state index in [9.17, 15) is 22.8 Å². The summed E-state index contributed by atoms with van der Waals surface area (Å²) in [5.74, 6) is -2.40. The fraction of sp³-hybridized carbons (Fsp3) is 0.385. The molecule has 3 nitrogen and oxygen atoms in total. The number of benzene rings is 1. The summed E-state index contributed by atoms with van der Waals surface area (Å²) in [4.78, 5) is 23.9. The molecule has 1 heterocycles. The summed E-state index contributed by atoms with van der Waals surface area (Å²) in [7, 11) is 0. The highest BCUT2D eigenvalue weighted by Crippen LogP contribution is 2.28. The van der Waals surface area contributed by atoms with Crippen LogP contribution in [-0.4, -0.2) is 34.1 Å². The largest absolute Gasteiger partial charge is 0.471 e. The topological polar surface area (TPSA) is 37.4 Å². The van der Waals surface area contributed by atoms with Crippen molar-refractivity contribution in [2.75, 3.05) is 5.33 Å². The van der Waals surface area contributed by atoms with Crippen molar-refractivity contribution >= 4 is 27.6 Å². The van der Waals surface area contributed by atoms with Crippen LogP contribution in [-0.2, 0) is 22.6 Å². The van der Waals surface area contributed by atoms with Crippen molar-refractivity contribution in [3.8, 4) is 0 Å². The van der Waals surface area contributed by atoms with Crippen LogP contribution in [0.5, 0.6) is 0 Å². The van der Waals surface area contributed by atoms with E-state index >= 15 is 0 Å². The molecule has 0 aromatic heterocycles. The van der Waals surface area contributed by atoms with Gasteiger partial charge in [-0.25, -0.2) is 0 Å². The van der Waals surface area contributed by atoms with Gasteiger partial charge < -0.3 is 4.90 Å². The van der Waals surface area contributed by atoms with Crippen LogP contribution >= 0.6 is 15.9 Å². The van der Waals surface area contributed by atoms with Crippen molar-refractivity contribution in [2.45, 2.75) is 25.2 Å². The number of hydrogen-bond acceptors (Lipinski definition) is 2. The Morgan fingerprint density at radius 1 is 1.25 bits per heavy atom. The van der Waals surface area contributed by atoms with Crippen molar-refractivity contribution in [3.63, 3.8) is 0 Å². The molecule has 1 atom stereocenters. The number of alkyl halides is 4. The van der Waals surface area contributed by atoms with Gasteiger partial charge >= 0.3 is 12.1 Å². The van der Waals surface area contributed by atoms with E-state index in [0.717, 1.165) is 5.56 Å². The molecule has 0 saturated carbocycles. The van der Waals surface area contributed by atoms with Gasteiger partial charge in [0.15, 0.2) is 5.78 Å². The maximum absolute atomic E-state index is 12.6. The van der Waals surface area contributed by atoms with Gasteiger partial charge in [0, 0.05) is 13.0 Å². The van der Waals surface area contributed by atoms with E-state index in [1.54, 1.807) is 24.3 Å². The van der Waals surface area contributed by atoms with E-state index < -0.39 is 23.9 Å². The Balaban J connectivity index is 2.38. The Labute approximate surface area is 121 Å². The molecule has 0 fully saturated rings. The summed E-state index contributed by atoms with van der Waals surface area (Å²) in [5.41, 5.74) is 1.45. The highest BCUT2D eigenvalue weighted by Gasteiger charge is 2.47. The predicted octanol–water partition coefficient (Wildman–Crippen LogP) is 2.47. The number of rotatable bonds is 2. The molecule has 0 saturated heterocycles. The minimum absolute atomic E-state index is 0.0819. The smallest absolute Gasteiger partial charge is 0.320 e. The number of hydrogen-bond donors (Lipinski definition) is 0. The van der Waals surface area contributed by atoms with Gasteiger partial charge in [-0.15, -0.1) is 0 Å². The van der Waals surface area contributed by atoms with E-state index in [4.69, 9.17) is 0 Å². The molecule has 1 aliphatic rings. The lowest BCUT2D eigenvalue weighted by atomic mass is 9.92. The summed E-state index contributed by atoms with van der Waals surface area (Å²) in [6.45, 7) is -0.197. The molecule has 0 aliphatic carbocycles. The first kappa shape index (κ1) is 15.0. The molecular weight excluding hydrogens is 339 g/mol. The van der Waals surface area contributed by atoms with Gasteiger partial charge in [0.2, 0.25) is 0 Å². The van der Waals surface area contributed by atoms with Crippen LogP contribution in [0.15, 0.2) is 24.3 Å². The van der Waals surface area contributed by atoms with Crippen LogP contribution in [0, 0.1) is 0 Å². The number of nitrogens with zero attached hydrogens (tertiary/aromatic N) is 1. The molecule has 108 valence electrons. The van der Waals surface area contributed by atoms with Gasteiger partial charge in [-0.2, -0.15) is 13.2 Å². The van der Waals surface area contributed by atoms with E-state index in [1.165, 1.54) is 0 Å². The highest BCUT2D eigenvalue weighted by molar-refractivity contribution is 9.09. The molecule has 7 heteroatoms. The van der Waals surface area contributed by atoms with Gasteiger partial charge in [0.1, 0.15) is 0 Å². The van der Waals surface area contributed by atoms with Crippen LogP contribution in [0.1, 0.15) is 11.1 Å². The molecule has 1 aromatic carbocycles. The Morgan fingerprint density at radius 3 is 2.40 bits per heavy atom. The number of carbonyl (C=O) groups is 2. The molecule has 1 unspecified atom stereocenters. The van der Waals surface area contributed by atoms with Crippen LogP contribution in [0.4, 0.5) is 13.2 Å². The summed E-state index contributed by atoms with van der Waals surface area (Å²) in [5, 5.41) is -0.0819. The maximum Gasteiger partial charge on any atom is 0.471 e. The van der Waals surface area contributed by atoms with Crippen molar-refractivity contribution in [1.29, 1.82) is 0 Å². The second-order valence-corrected chi connectivity index (χ2v) is 5.08. The van der Waals surface area contributed by atoms with Gasteiger partial charge in [0.25, 0.3) is 0 Å². The van der Waals surface area contributed by atoms with E-state index in [0.29, 0.717) is 10.5 Å². The van der Waals surface area contributed by atoms with Gasteiger partial charge in [0.05, 0.1) is 11.4 Å². The first-order chi connectivity index (χ1) is 9.34. The summed E-state index contributed by atoms with van der Waals surface area (Å²) < 4.78 is 37.9. The lowest BCUT2D eigenvalue weighted by Gasteiger charge is -2.36.